The molecule has 2 amide bonds. The summed E-state index contributed by atoms with van der Waals surface area (Å²) in [6.07, 6.45) is 0. The number of aromatic nitrogens is 1. The number of ether oxygens (including phenoxy) is 1. The van der Waals surface area contributed by atoms with Crippen molar-refractivity contribution in [3.8, 4) is 5.69 Å². The predicted molar refractivity (Wildman–Crippen MR) is 118 cm³/mol. The Bertz CT molecular complexity index is 1250. The van der Waals surface area contributed by atoms with Crippen LogP contribution in [-0.4, -0.2) is 35.5 Å². The quantitative estimate of drug-likeness (QED) is 0.404. The van der Waals surface area contributed by atoms with E-state index in [1.54, 1.807) is 13.0 Å². The molecule has 3 rings (SSSR count). The molecule has 0 unspecified atom stereocenters. The topological polar surface area (TPSA) is 89.4 Å². The van der Waals surface area contributed by atoms with Gasteiger partial charge in [-0.2, -0.15) is 0 Å². The molecule has 1 aromatic heterocycles. The molecule has 0 saturated carbocycles. The van der Waals surface area contributed by atoms with Crippen LogP contribution in [0.15, 0.2) is 42.5 Å². The van der Waals surface area contributed by atoms with Gasteiger partial charge in [0.1, 0.15) is 0 Å². The molecule has 0 saturated heterocycles. The molecule has 0 aliphatic carbocycles. The van der Waals surface area contributed by atoms with Crippen molar-refractivity contribution in [2.45, 2.75) is 20.8 Å². The Balaban J connectivity index is 1.54. The fourth-order valence-corrected chi connectivity index (χ4v) is 3.32. The maximum absolute atomic E-state index is 13.6. The Hall–Kier alpha value is -4.08. The smallest absolute Gasteiger partial charge is 0.340 e. The zero-order valence-corrected chi connectivity index (χ0v) is 18.7. The summed E-state index contributed by atoms with van der Waals surface area (Å²) < 4.78 is 46.7. The van der Waals surface area contributed by atoms with Gasteiger partial charge in [0.25, 0.3) is 5.91 Å². The van der Waals surface area contributed by atoms with Gasteiger partial charge in [0.15, 0.2) is 24.1 Å². The first-order valence-electron chi connectivity index (χ1n) is 10.2. The number of nitrogens with one attached hydrogen (secondary N) is 2. The first-order chi connectivity index (χ1) is 16.1. The molecule has 3 aromatic rings. The van der Waals surface area contributed by atoms with Crippen molar-refractivity contribution >= 4 is 23.5 Å². The summed E-state index contributed by atoms with van der Waals surface area (Å²) in [5.74, 6) is -7.06. The van der Waals surface area contributed by atoms with Crippen LogP contribution in [-0.2, 0) is 14.3 Å². The van der Waals surface area contributed by atoms with Crippen molar-refractivity contribution in [1.29, 1.82) is 0 Å². The van der Waals surface area contributed by atoms with E-state index in [2.05, 4.69) is 5.32 Å². The summed E-state index contributed by atoms with van der Waals surface area (Å²) in [6, 6.07) is 10.9. The maximum atomic E-state index is 13.6. The molecule has 2 aromatic carbocycles. The lowest BCUT2D eigenvalue weighted by Gasteiger charge is -2.10. The normalized spacial score (nSPS) is 10.6. The van der Waals surface area contributed by atoms with Gasteiger partial charge < -0.3 is 19.9 Å². The van der Waals surface area contributed by atoms with Crippen LogP contribution >= 0.6 is 0 Å². The van der Waals surface area contributed by atoms with E-state index in [0.717, 1.165) is 23.0 Å². The summed E-state index contributed by atoms with van der Waals surface area (Å²) >= 11 is 0. The average molecular weight is 473 g/mol. The van der Waals surface area contributed by atoms with E-state index >= 15 is 0 Å². The summed E-state index contributed by atoms with van der Waals surface area (Å²) in [5, 5.41) is 4.21. The van der Waals surface area contributed by atoms with Gasteiger partial charge in [-0.3, -0.25) is 9.59 Å². The Morgan fingerprint density at radius 1 is 0.912 bits per heavy atom. The molecule has 0 aliphatic rings. The van der Waals surface area contributed by atoms with Crippen molar-refractivity contribution < 1.29 is 32.3 Å². The number of halogens is 3. The second kappa shape index (κ2) is 10.2. The van der Waals surface area contributed by atoms with E-state index < -0.39 is 54.1 Å². The number of hydrogen-bond acceptors (Lipinski definition) is 4. The third kappa shape index (κ3) is 5.45. The Kier molecular flexibility index (Phi) is 7.40. The van der Waals surface area contributed by atoms with Gasteiger partial charge in [-0.15, -0.1) is 0 Å². The maximum Gasteiger partial charge on any atom is 0.340 e. The van der Waals surface area contributed by atoms with E-state index in [1.807, 2.05) is 48.0 Å². The van der Waals surface area contributed by atoms with Crippen molar-refractivity contribution in [2.24, 2.45) is 0 Å². The molecule has 178 valence electrons. The van der Waals surface area contributed by atoms with Gasteiger partial charge in [0, 0.05) is 17.1 Å². The highest BCUT2D eigenvalue weighted by Crippen LogP contribution is 2.22. The summed E-state index contributed by atoms with van der Waals surface area (Å²) in [5.41, 5.74) is 3.13. The van der Waals surface area contributed by atoms with Gasteiger partial charge in [-0.05, 0) is 51.1 Å². The molecule has 0 bridgehead atoms. The molecule has 0 aliphatic heterocycles. The molecule has 0 radical (unpaired) electrons. The lowest BCUT2D eigenvalue weighted by molar-refractivity contribution is -0.126. The van der Waals surface area contributed by atoms with E-state index in [4.69, 9.17) is 4.74 Å². The number of rotatable bonds is 7. The first kappa shape index (κ1) is 24.6. The number of carbonyl (C=O) groups excluding carboxylic acids is 3. The summed E-state index contributed by atoms with van der Waals surface area (Å²) in [4.78, 5) is 36.3. The fourth-order valence-electron chi connectivity index (χ4n) is 3.32. The van der Waals surface area contributed by atoms with Crippen LogP contribution in [0.4, 0.5) is 18.9 Å². The van der Waals surface area contributed by atoms with Crippen LogP contribution in [0.25, 0.3) is 5.69 Å². The van der Waals surface area contributed by atoms with Crippen LogP contribution in [0.1, 0.15) is 27.3 Å². The van der Waals surface area contributed by atoms with Gasteiger partial charge in [-0.25, -0.2) is 18.0 Å². The van der Waals surface area contributed by atoms with Gasteiger partial charge in [0.2, 0.25) is 5.91 Å². The van der Waals surface area contributed by atoms with Gasteiger partial charge in [0.05, 0.1) is 17.8 Å². The van der Waals surface area contributed by atoms with Gasteiger partial charge in [-0.1, -0.05) is 17.7 Å². The highest BCUT2D eigenvalue weighted by molar-refractivity contribution is 5.96. The largest absolute Gasteiger partial charge is 0.452 e. The molecule has 0 fully saturated rings. The van der Waals surface area contributed by atoms with E-state index in [0.29, 0.717) is 11.8 Å². The number of benzene rings is 2. The summed E-state index contributed by atoms with van der Waals surface area (Å²) in [6.45, 7) is 4.31. The molecule has 0 atom stereocenters. The average Bonchev–Trinajstić information content (AvgIpc) is 3.11. The van der Waals surface area contributed by atoms with Crippen LogP contribution in [0.5, 0.6) is 0 Å². The lowest BCUT2D eigenvalue weighted by Crippen LogP contribution is -2.35. The minimum atomic E-state index is -1.73. The Labute approximate surface area is 193 Å². The van der Waals surface area contributed by atoms with Crippen LogP contribution < -0.4 is 10.6 Å². The van der Waals surface area contributed by atoms with Crippen LogP contribution in [0.3, 0.4) is 0 Å². The predicted octanol–water partition coefficient (Wildman–Crippen LogP) is 3.73. The van der Waals surface area contributed by atoms with E-state index in [9.17, 15) is 27.6 Å². The van der Waals surface area contributed by atoms with E-state index in [1.165, 1.54) is 0 Å². The minimum absolute atomic E-state index is 0.289. The molecular formula is C24H22F3N3O4. The van der Waals surface area contributed by atoms with E-state index in [-0.39, 0.29) is 5.56 Å². The number of anilines is 1. The van der Waals surface area contributed by atoms with Crippen molar-refractivity contribution in [3.63, 3.8) is 0 Å². The number of carbonyl (C=O) groups is 3. The van der Waals surface area contributed by atoms with Crippen LogP contribution in [0.2, 0.25) is 0 Å². The standard InChI is InChI=1S/C24H22F3N3O4/c1-13-4-6-16(7-5-13)30-14(2)10-17(15(30)3)24(33)34-12-21(32)28-11-20(31)29-19-9-8-18(25)22(26)23(19)27/h4-10H,11-12H2,1-3H3,(H,28,32)(H,29,31). The lowest BCUT2D eigenvalue weighted by atomic mass is 10.2. The van der Waals surface area contributed by atoms with Crippen LogP contribution in [0, 0.1) is 38.2 Å². The van der Waals surface area contributed by atoms with Crippen molar-refractivity contribution in [1.82, 2.24) is 9.88 Å². The minimum Gasteiger partial charge on any atom is -0.452 e. The van der Waals surface area contributed by atoms with Crippen molar-refractivity contribution in [3.05, 3.63) is 82.4 Å². The highest BCUT2D eigenvalue weighted by atomic mass is 19.2. The third-order valence-electron chi connectivity index (χ3n) is 5.03. The number of aryl methyl sites for hydroxylation is 2. The zero-order valence-electron chi connectivity index (χ0n) is 18.7. The Morgan fingerprint density at radius 3 is 2.26 bits per heavy atom. The molecule has 34 heavy (non-hydrogen) atoms. The summed E-state index contributed by atoms with van der Waals surface area (Å²) in [7, 11) is 0. The number of hydrogen-bond donors (Lipinski definition) is 2. The second-order valence-corrected chi connectivity index (χ2v) is 7.58. The monoisotopic (exact) mass is 473 g/mol. The molecule has 10 heteroatoms. The molecule has 7 nitrogen and oxygen atoms in total. The molecule has 1 heterocycles. The fraction of sp³-hybridized carbons (Fsp3) is 0.208. The second-order valence-electron chi connectivity index (χ2n) is 7.58. The third-order valence-corrected chi connectivity index (χ3v) is 5.03. The number of amides is 2. The molecule has 0 spiro atoms. The molecule has 2 N–H and O–H groups in total. The highest BCUT2D eigenvalue weighted by Gasteiger charge is 2.20. The zero-order chi connectivity index (χ0) is 25.0. The van der Waals surface area contributed by atoms with Gasteiger partial charge >= 0.3 is 5.97 Å². The van der Waals surface area contributed by atoms with Crippen molar-refractivity contribution in [2.75, 3.05) is 18.5 Å². The SMILES string of the molecule is Cc1ccc(-n2c(C)cc(C(=O)OCC(=O)NCC(=O)Nc3ccc(F)c(F)c3F)c2C)cc1. The molecular weight excluding hydrogens is 451 g/mol. The Morgan fingerprint density at radius 2 is 1.59 bits per heavy atom. The number of esters is 1. The number of nitrogens with zero attached hydrogens (tertiary/aromatic N) is 1. The first-order valence-corrected chi connectivity index (χ1v) is 10.2.